The molecule has 9 nitrogen and oxygen atoms in total. The summed E-state index contributed by atoms with van der Waals surface area (Å²) in [5.74, 6) is 0. The first kappa shape index (κ1) is 12.8. The van der Waals surface area contributed by atoms with Gasteiger partial charge in [0.1, 0.15) is 22.1 Å². The van der Waals surface area contributed by atoms with Crippen molar-refractivity contribution in [1.82, 2.24) is 30.3 Å². The lowest BCUT2D eigenvalue weighted by atomic mass is 10.3. The van der Waals surface area contributed by atoms with Crippen molar-refractivity contribution in [3.8, 4) is 0 Å². The Morgan fingerprint density at radius 3 is 1.73 bits per heavy atom. The van der Waals surface area contributed by atoms with Crippen molar-refractivity contribution in [2.24, 2.45) is 0 Å². The van der Waals surface area contributed by atoms with Crippen LogP contribution < -0.4 is 9.25 Å². The van der Waals surface area contributed by atoms with Gasteiger partial charge in [0.25, 0.3) is 0 Å². The predicted molar refractivity (Wildman–Crippen MR) is 77.2 cm³/mol. The van der Waals surface area contributed by atoms with Crippen LogP contribution in [0.4, 0.5) is 0 Å². The molecule has 0 unspecified atom stereocenters. The zero-order valence-electron chi connectivity index (χ0n) is 11.0. The second kappa shape index (κ2) is 5.12. The highest BCUT2D eigenvalue weighted by atomic mass is 31.1. The molecule has 4 aromatic rings. The smallest absolute Gasteiger partial charge is 0.304 e. The molecule has 4 rings (SSSR count). The van der Waals surface area contributed by atoms with E-state index in [0.717, 1.165) is 9.69 Å². The lowest BCUT2D eigenvalue weighted by Gasteiger charge is -2.06. The predicted octanol–water partition coefficient (Wildman–Crippen LogP) is 1.12. The first-order valence-electron chi connectivity index (χ1n) is 6.33. The first-order valence-corrected chi connectivity index (χ1v) is 7.55. The van der Waals surface area contributed by atoms with E-state index in [4.69, 9.17) is 9.25 Å². The van der Waals surface area contributed by atoms with Gasteiger partial charge in [0.2, 0.25) is 0 Å². The van der Waals surface area contributed by atoms with Crippen LogP contribution in [-0.2, 0) is 4.57 Å². The zero-order chi connectivity index (χ0) is 14.9. The van der Waals surface area contributed by atoms with Crippen LogP contribution in [0.2, 0.25) is 0 Å². The molecule has 0 radical (unpaired) electrons. The Balaban J connectivity index is 1.58. The van der Waals surface area contributed by atoms with E-state index < -0.39 is 8.25 Å². The molecule has 10 heteroatoms. The summed E-state index contributed by atoms with van der Waals surface area (Å²) in [6.45, 7) is 0. The van der Waals surface area contributed by atoms with Gasteiger partial charge in [0.05, 0.1) is 0 Å². The van der Waals surface area contributed by atoms with Crippen molar-refractivity contribution in [1.29, 1.82) is 0 Å². The highest BCUT2D eigenvalue weighted by Gasteiger charge is 2.12. The maximum Gasteiger partial charge on any atom is 0.458 e. The summed E-state index contributed by atoms with van der Waals surface area (Å²) >= 11 is 0. The van der Waals surface area contributed by atoms with Gasteiger partial charge in [-0.25, -0.2) is 4.57 Å². The third kappa shape index (κ3) is 2.17. The number of benzene rings is 2. The molecule has 0 N–H and O–H groups in total. The molecule has 0 spiro atoms. The van der Waals surface area contributed by atoms with Gasteiger partial charge in [0, 0.05) is 0 Å². The zero-order valence-corrected chi connectivity index (χ0v) is 12.0. The molecule has 0 bridgehead atoms. The number of nitrogens with zero attached hydrogens (tertiary/aromatic N) is 6. The first-order chi connectivity index (χ1) is 10.8. The van der Waals surface area contributed by atoms with Crippen LogP contribution in [0.25, 0.3) is 22.1 Å². The van der Waals surface area contributed by atoms with E-state index in [1.54, 1.807) is 36.4 Å². The van der Waals surface area contributed by atoms with Gasteiger partial charge in [-0.05, 0) is 34.7 Å². The average molecular weight is 316 g/mol. The standard InChI is InChI=1S/C12H9N6O3P/c19-22(20-17-11-7-3-1-5-9(11)13-15-17)21-18-12-8-4-2-6-10(12)14-16-18/h1-8,22H. The van der Waals surface area contributed by atoms with E-state index in [1.807, 2.05) is 12.1 Å². The monoisotopic (exact) mass is 316 g/mol. The molecule has 0 fully saturated rings. The van der Waals surface area contributed by atoms with Crippen LogP contribution in [0.15, 0.2) is 48.5 Å². The van der Waals surface area contributed by atoms with Crippen molar-refractivity contribution < 1.29 is 13.8 Å². The maximum atomic E-state index is 12.0. The number of hydrogen-bond donors (Lipinski definition) is 0. The van der Waals surface area contributed by atoms with E-state index in [-0.39, 0.29) is 0 Å². The lowest BCUT2D eigenvalue weighted by Crippen LogP contribution is -2.13. The topological polar surface area (TPSA) is 97.0 Å². The van der Waals surface area contributed by atoms with Crippen molar-refractivity contribution in [3.63, 3.8) is 0 Å². The number of rotatable bonds is 4. The van der Waals surface area contributed by atoms with Crippen LogP contribution in [0.3, 0.4) is 0 Å². The maximum absolute atomic E-state index is 12.0. The summed E-state index contributed by atoms with van der Waals surface area (Å²) in [5.41, 5.74) is 2.44. The Bertz CT molecular complexity index is 903. The van der Waals surface area contributed by atoms with Gasteiger partial charge in [-0.2, -0.15) is 0 Å². The van der Waals surface area contributed by atoms with E-state index in [2.05, 4.69) is 20.6 Å². The van der Waals surface area contributed by atoms with E-state index in [1.165, 1.54) is 0 Å². The van der Waals surface area contributed by atoms with Gasteiger partial charge in [-0.15, -0.1) is 10.2 Å². The van der Waals surface area contributed by atoms with Crippen LogP contribution in [0, 0.1) is 0 Å². The minimum absolute atomic E-state index is 0.591. The van der Waals surface area contributed by atoms with Crippen molar-refractivity contribution in [2.45, 2.75) is 0 Å². The minimum atomic E-state index is -2.94. The van der Waals surface area contributed by atoms with E-state index in [9.17, 15) is 4.57 Å². The van der Waals surface area contributed by atoms with Crippen LogP contribution in [0.1, 0.15) is 0 Å². The van der Waals surface area contributed by atoms with Gasteiger partial charge >= 0.3 is 8.25 Å². The molecule has 0 aliphatic heterocycles. The third-order valence-corrected chi connectivity index (χ3v) is 3.61. The molecular formula is C12H9N6O3P. The van der Waals surface area contributed by atoms with Gasteiger partial charge in [-0.3, -0.25) is 0 Å². The fourth-order valence-electron chi connectivity index (χ4n) is 1.99. The second-order valence-corrected chi connectivity index (χ2v) is 5.20. The number of fused-ring (bicyclic) bond motifs is 2. The van der Waals surface area contributed by atoms with Crippen molar-refractivity contribution in [2.75, 3.05) is 0 Å². The van der Waals surface area contributed by atoms with Crippen LogP contribution >= 0.6 is 8.25 Å². The fourth-order valence-corrected chi connectivity index (χ4v) is 2.57. The summed E-state index contributed by atoms with van der Waals surface area (Å²) in [5, 5.41) is 15.3. The molecule has 22 heavy (non-hydrogen) atoms. The number of aromatic nitrogens is 6. The fraction of sp³-hybridized carbons (Fsp3) is 0. The van der Waals surface area contributed by atoms with E-state index in [0.29, 0.717) is 22.1 Å². The Hall–Kier alpha value is -2.93. The Kier molecular flexibility index (Phi) is 2.97. The number of hydrogen-bond acceptors (Lipinski definition) is 7. The summed E-state index contributed by atoms with van der Waals surface area (Å²) < 4.78 is 22.4. The third-order valence-electron chi connectivity index (χ3n) is 2.97. The minimum Gasteiger partial charge on any atom is -0.304 e. The van der Waals surface area contributed by atoms with Crippen LogP contribution in [0.5, 0.6) is 0 Å². The molecule has 0 aliphatic rings. The average Bonchev–Trinajstić information content (AvgIpc) is 3.13. The van der Waals surface area contributed by atoms with Gasteiger partial charge in [0.15, 0.2) is 0 Å². The van der Waals surface area contributed by atoms with Crippen molar-refractivity contribution >= 4 is 30.3 Å². The molecule has 2 aromatic carbocycles. The molecule has 0 saturated heterocycles. The molecule has 0 saturated carbocycles. The van der Waals surface area contributed by atoms with Gasteiger partial charge < -0.3 is 9.25 Å². The quantitative estimate of drug-likeness (QED) is 0.520. The molecule has 2 heterocycles. The summed E-state index contributed by atoms with van der Waals surface area (Å²) in [7, 11) is -2.94. The highest BCUT2D eigenvalue weighted by molar-refractivity contribution is 7.33. The molecule has 0 aliphatic carbocycles. The molecule has 110 valence electrons. The number of para-hydroxylation sites is 2. The molecular weight excluding hydrogens is 307 g/mol. The van der Waals surface area contributed by atoms with Crippen LogP contribution in [-0.4, -0.2) is 30.3 Å². The largest absolute Gasteiger partial charge is 0.458 e. The van der Waals surface area contributed by atoms with Crippen molar-refractivity contribution in [3.05, 3.63) is 48.5 Å². The lowest BCUT2D eigenvalue weighted by molar-refractivity contribution is 0.164. The second-order valence-electron chi connectivity index (χ2n) is 4.33. The summed E-state index contributed by atoms with van der Waals surface area (Å²) in [6.07, 6.45) is 0. The highest BCUT2D eigenvalue weighted by Crippen LogP contribution is 2.19. The van der Waals surface area contributed by atoms with Gasteiger partial charge in [-0.1, -0.05) is 34.0 Å². The molecule has 0 amide bonds. The summed E-state index contributed by atoms with van der Waals surface area (Å²) in [4.78, 5) is 2.13. The SMILES string of the molecule is O=[PH](On1nnc2ccccc21)On1nnc2ccccc21. The Morgan fingerprint density at radius 1 is 0.773 bits per heavy atom. The van der Waals surface area contributed by atoms with E-state index >= 15 is 0 Å². The Labute approximate surface area is 123 Å². The normalized spacial score (nSPS) is 11.3. The molecule has 2 aromatic heterocycles. The molecule has 0 atom stereocenters. The summed E-state index contributed by atoms with van der Waals surface area (Å²) in [6, 6.07) is 14.3. The Morgan fingerprint density at radius 2 is 1.23 bits per heavy atom.